The van der Waals surface area contributed by atoms with E-state index in [9.17, 15) is 9.59 Å². The van der Waals surface area contributed by atoms with E-state index in [0.29, 0.717) is 5.69 Å². The zero-order chi connectivity index (χ0) is 12.2. The van der Waals surface area contributed by atoms with Gasteiger partial charge in [0.05, 0.1) is 6.54 Å². The van der Waals surface area contributed by atoms with Gasteiger partial charge in [0.2, 0.25) is 0 Å². The fourth-order valence-corrected chi connectivity index (χ4v) is 1.08. The summed E-state index contributed by atoms with van der Waals surface area (Å²) in [4.78, 5) is 25.1. The molecule has 0 saturated heterocycles. The van der Waals surface area contributed by atoms with Gasteiger partial charge in [0.15, 0.2) is 5.43 Å². The van der Waals surface area contributed by atoms with Gasteiger partial charge in [-0.25, -0.2) is 4.79 Å². The predicted molar refractivity (Wildman–Crippen MR) is 60.1 cm³/mol. The van der Waals surface area contributed by atoms with Gasteiger partial charge in [0.1, 0.15) is 5.60 Å². The summed E-state index contributed by atoms with van der Waals surface area (Å²) in [6.07, 6.45) is 1.03. The van der Waals surface area contributed by atoms with Gasteiger partial charge in [0, 0.05) is 24.0 Å². The molecule has 88 valence electrons. The molecule has 0 aliphatic carbocycles. The van der Waals surface area contributed by atoms with Crippen molar-refractivity contribution < 1.29 is 9.53 Å². The Morgan fingerprint density at radius 3 is 2.75 bits per heavy atom. The Balaban J connectivity index is 2.46. The van der Waals surface area contributed by atoms with Gasteiger partial charge >= 0.3 is 6.09 Å². The van der Waals surface area contributed by atoms with Crippen LogP contribution in [0.1, 0.15) is 26.5 Å². The van der Waals surface area contributed by atoms with Gasteiger partial charge in [-0.15, -0.1) is 0 Å². The summed E-state index contributed by atoms with van der Waals surface area (Å²) < 4.78 is 5.05. The number of pyridine rings is 1. The lowest BCUT2D eigenvalue weighted by molar-refractivity contribution is 0.0523. The number of hydrogen-bond acceptors (Lipinski definition) is 3. The second-order valence-corrected chi connectivity index (χ2v) is 4.41. The minimum Gasteiger partial charge on any atom is -0.444 e. The van der Waals surface area contributed by atoms with Crippen LogP contribution in [0.25, 0.3) is 0 Å². The second kappa shape index (κ2) is 4.83. The molecular formula is C11H16N2O3. The topological polar surface area (TPSA) is 71.2 Å². The number of H-pyrrole nitrogens is 1. The Morgan fingerprint density at radius 2 is 2.19 bits per heavy atom. The average molecular weight is 224 g/mol. The molecule has 1 rings (SSSR count). The Labute approximate surface area is 93.8 Å². The van der Waals surface area contributed by atoms with Crippen molar-refractivity contribution in [1.29, 1.82) is 0 Å². The van der Waals surface area contributed by atoms with Gasteiger partial charge in [-0.05, 0) is 20.8 Å². The molecule has 0 aromatic carbocycles. The molecule has 1 heterocycles. The molecule has 1 aromatic heterocycles. The molecule has 0 saturated carbocycles. The molecule has 16 heavy (non-hydrogen) atoms. The fourth-order valence-electron chi connectivity index (χ4n) is 1.08. The highest BCUT2D eigenvalue weighted by molar-refractivity contribution is 5.67. The van der Waals surface area contributed by atoms with Crippen molar-refractivity contribution in [2.24, 2.45) is 0 Å². The van der Waals surface area contributed by atoms with Crippen molar-refractivity contribution in [3.63, 3.8) is 0 Å². The van der Waals surface area contributed by atoms with E-state index < -0.39 is 11.7 Å². The van der Waals surface area contributed by atoms with E-state index in [4.69, 9.17) is 4.74 Å². The van der Waals surface area contributed by atoms with Crippen LogP contribution in [0, 0.1) is 0 Å². The quantitative estimate of drug-likeness (QED) is 0.797. The van der Waals surface area contributed by atoms with Gasteiger partial charge in [-0.1, -0.05) is 0 Å². The molecule has 0 atom stereocenters. The third-order valence-electron chi connectivity index (χ3n) is 1.65. The Bertz CT molecular complexity index is 418. The summed E-state index contributed by atoms with van der Waals surface area (Å²) in [5.41, 5.74) is 0.0202. The molecular weight excluding hydrogens is 208 g/mol. The highest BCUT2D eigenvalue weighted by Gasteiger charge is 2.15. The molecule has 0 spiro atoms. The van der Waals surface area contributed by atoms with Crippen molar-refractivity contribution in [2.45, 2.75) is 32.9 Å². The second-order valence-electron chi connectivity index (χ2n) is 4.41. The van der Waals surface area contributed by atoms with Gasteiger partial charge in [0.25, 0.3) is 0 Å². The molecule has 1 aromatic rings. The van der Waals surface area contributed by atoms with Crippen LogP contribution in [0.3, 0.4) is 0 Å². The number of aromatic nitrogens is 1. The number of nitrogens with one attached hydrogen (secondary N) is 2. The normalized spacial score (nSPS) is 10.9. The molecule has 0 bridgehead atoms. The van der Waals surface area contributed by atoms with Crippen LogP contribution in [-0.2, 0) is 11.3 Å². The van der Waals surface area contributed by atoms with Crippen LogP contribution in [0.5, 0.6) is 0 Å². The first-order chi connectivity index (χ1) is 7.37. The van der Waals surface area contributed by atoms with E-state index in [-0.39, 0.29) is 12.0 Å². The largest absolute Gasteiger partial charge is 0.444 e. The van der Waals surface area contributed by atoms with Crippen molar-refractivity contribution in [2.75, 3.05) is 0 Å². The van der Waals surface area contributed by atoms with Crippen molar-refractivity contribution in [3.05, 3.63) is 34.2 Å². The summed E-state index contributed by atoms with van der Waals surface area (Å²) in [5.74, 6) is 0. The standard InChI is InChI=1S/C11H16N2O3/c1-11(2,3)16-10(15)13-7-8-6-9(14)4-5-12-8/h4-6H,7H2,1-3H3,(H,12,14)(H,13,15). The highest BCUT2D eigenvalue weighted by Crippen LogP contribution is 2.06. The number of hydrogen-bond donors (Lipinski definition) is 2. The van der Waals surface area contributed by atoms with Crippen molar-refractivity contribution >= 4 is 6.09 Å². The van der Waals surface area contributed by atoms with Crippen LogP contribution < -0.4 is 10.7 Å². The van der Waals surface area contributed by atoms with Crippen LogP contribution in [-0.4, -0.2) is 16.7 Å². The SMILES string of the molecule is CC(C)(C)OC(=O)NCc1cc(=O)cc[nH]1. The summed E-state index contributed by atoms with van der Waals surface area (Å²) in [6.45, 7) is 5.61. The van der Waals surface area contributed by atoms with E-state index in [2.05, 4.69) is 10.3 Å². The molecule has 1 amide bonds. The van der Waals surface area contributed by atoms with Crippen LogP contribution in [0.2, 0.25) is 0 Å². The summed E-state index contributed by atoms with van der Waals surface area (Å²) in [6, 6.07) is 2.84. The number of aromatic amines is 1. The Kier molecular flexibility index (Phi) is 3.71. The first-order valence-electron chi connectivity index (χ1n) is 5.01. The van der Waals surface area contributed by atoms with Crippen LogP contribution >= 0.6 is 0 Å². The predicted octanol–water partition coefficient (Wildman–Crippen LogP) is 1.40. The Morgan fingerprint density at radius 1 is 1.50 bits per heavy atom. The number of rotatable bonds is 2. The smallest absolute Gasteiger partial charge is 0.407 e. The number of alkyl carbamates (subject to hydrolysis) is 1. The number of amides is 1. The fraction of sp³-hybridized carbons (Fsp3) is 0.455. The number of carbonyl (C=O) groups excluding carboxylic acids is 1. The highest BCUT2D eigenvalue weighted by atomic mass is 16.6. The summed E-state index contributed by atoms with van der Waals surface area (Å²) in [5, 5.41) is 2.55. The maximum absolute atomic E-state index is 11.3. The first kappa shape index (κ1) is 12.3. The van der Waals surface area contributed by atoms with Crippen molar-refractivity contribution in [1.82, 2.24) is 10.3 Å². The van der Waals surface area contributed by atoms with Gasteiger partial charge in [-0.3, -0.25) is 4.79 Å². The minimum absolute atomic E-state index is 0.0975. The van der Waals surface area contributed by atoms with Crippen LogP contribution in [0.15, 0.2) is 23.1 Å². The van der Waals surface area contributed by atoms with Crippen LogP contribution in [0.4, 0.5) is 4.79 Å². The molecule has 0 fully saturated rings. The van der Waals surface area contributed by atoms with E-state index in [1.165, 1.54) is 18.3 Å². The monoisotopic (exact) mass is 224 g/mol. The molecule has 0 radical (unpaired) electrons. The average Bonchev–Trinajstić information content (AvgIpc) is 2.12. The summed E-state index contributed by atoms with van der Waals surface area (Å²) in [7, 11) is 0. The lowest BCUT2D eigenvalue weighted by Crippen LogP contribution is -2.32. The van der Waals surface area contributed by atoms with E-state index in [1.807, 2.05) is 0 Å². The first-order valence-corrected chi connectivity index (χ1v) is 5.01. The summed E-state index contributed by atoms with van der Waals surface area (Å²) >= 11 is 0. The van der Waals surface area contributed by atoms with E-state index >= 15 is 0 Å². The maximum atomic E-state index is 11.3. The lowest BCUT2D eigenvalue weighted by atomic mass is 10.2. The molecule has 0 aliphatic rings. The zero-order valence-corrected chi connectivity index (χ0v) is 9.66. The molecule has 5 nitrogen and oxygen atoms in total. The Hall–Kier alpha value is -1.78. The van der Waals surface area contributed by atoms with Gasteiger partial charge in [-0.2, -0.15) is 0 Å². The molecule has 5 heteroatoms. The maximum Gasteiger partial charge on any atom is 0.407 e. The number of carbonyl (C=O) groups is 1. The number of ether oxygens (including phenoxy) is 1. The molecule has 0 aliphatic heterocycles. The zero-order valence-electron chi connectivity index (χ0n) is 9.66. The van der Waals surface area contributed by atoms with E-state index in [0.717, 1.165) is 0 Å². The van der Waals surface area contributed by atoms with E-state index in [1.54, 1.807) is 20.8 Å². The third kappa shape index (κ3) is 4.63. The van der Waals surface area contributed by atoms with Gasteiger partial charge < -0.3 is 15.0 Å². The lowest BCUT2D eigenvalue weighted by Gasteiger charge is -2.19. The third-order valence-corrected chi connectivity index (χ3v) is 1.65. The molecule has 2 N–H and O–H groups in total. The van der Waals surface area contributed by atoms with Crippen molar-refractivity contribution in [3.8, 4) is 0 Å². The minimum atomic E-state index is -0.520. The molecule has 0 unspecified atom stereocenters.